The summed E-state index contributed by atoms with van der Waals surface area (Å²) in [5, 5.41) is 32.0. The number of carboxylic acids is 1. The summed E-state index contributed by atoms with van der Waals surface area (Å²) in [6.07, 6.45) is 0.585. The first-order valence-corrected chi connectivity index (χ1v) is 9.17. The lowest BCUT2D eigenvalue weighted by Gasteiger charge is -2.22. The molecule has 3 atom stereocenters. The number of aliphatic carboxylic acids is 1. The van der Waals surface area contributed by atoms with Gasteiger partial charge in [-0.15, -0.1) is 0 Å². The fourth-order valence-electron chi connectivity index (χ4n) is 2.49. The van der Waals surface area contributed by atoms with Gasteiger partial charge in [0.15, 0.2) is 5.96 Å². The number of nitrogens with two attached hydrogens (primary N) is 3. The van der Waals surface area contributed by atoms with Gasteiger partial charge in [0.05, 0.1) is 12.6 Å². The Morgan fingerprint density at radius 2 is 1.63 bits per heavy atom. The van der Waals surface area contributed by atoms with Crippen molar-refractivity contribution in [2.45, 2.75) is 37.4 Å². The SMILES string of the molecule is NC(N)=NCCC[C@H](NC(=O)[C@@H](N)Cc1ccc(O)cc1)C(=O)N[C@@H](CO)C(=O)O. The molecule has 12 heteroatoms. The second-order valence-electron chi connectivity index (χ2n) is 6.57. The Balaban J connectivity index is 2.79. The van der Waals surface area contributed by atoms with E-state index < -0.39 is 42.5 Å². The summed E-state index contributed by atoms with van der Waals surface area (Å²) in [6.45, 7) is -0.611. The van der Waals surface area contributed by atoms with Crippen LogP contribution in [0.3, 0.4) is 0 Å². The summed E-state index contributed by atoms with van der Waals surface area (Å²) < 4.78 is 0. The molecule has 12 nitrogen and oxygen atoms in total. The number of amides is 2. The second-order valence-corrected chi connectivity index (χ2v) is 6.57. The van der Waals surface area contributed by atoms with E-state index in [0.717, 1.165) is 0 Å². The summed E-state index contributed by atoms with van der Waals surface area (Å²) in [5.41, 5.74) is 17.1. The van der Waals surface area contributed by atoms with Gasteiger partial charge in [0.25, 0.3) is 0 Å². The van der Waals surface area contributed by atoms with E-state index in [0.29, 0.717) is 12.0 Å². The monoisotopic (exact) mass is 424 g/mol. The Hall–Kier alpha value is -3.38. The van der Waals surface area contributed by atoms with Gasteiger partial charge < -0.3 is 43.2 Å². The molecule has 0 saturated heterocycles. The predicted molar refractivity (Wildman–Crippen MR) is 108 cm³/mol. The lowest BCUT2D eigenvalue weighted by Crippen LogP contribution is -2.55. The second kappa shape index (κ2) is 12.2. The number of carbonyl (C=O) groups is 3. The molecule has 30 heavy (non-hydrogen) atoms. The molecule has 1 aromatic carbocycles. The van der Waals surface area contributed by atoms with Crippen LogP contribution in [0, 0.1) is 0 Å². The summed E-state index contributed by atoms with van der Waals surface area (Å²) in [4.78, 5) is 39.7. The van der Waals surface area contributed by atoms with E-state index in [1.54, 1.807) is 12.1 Å². The first-order valence-electron chi connectivity index (χ1n) is 9.17. The molecule has 11 N–H and O–H groups in total. The number of phenolic OH excluding ortho intramolecular Hbond substituents is 1. The van der Waals surface area contributed by atoms with Gasteiger partial charge in [-0.1, -0.05) is 12.1 Å². The van der Waals surface area contributed by atoms with Crippen LogP contribution in [0.2, 0.25) is 0 Å². The van der Waals surface area contributed by atoms with Gasteiger partial charge >= 0.3 is 5.97 Å². The van der Waals surface area contributed by atoms with E-state index in [1.807, 2.05) is 0 Å². The fraction of sp³-hybridized carbons (Fsp3) is 0.444. The maximum Gasteiger partial charge on any atom is 0.328 e. The number of hydrogen-bond acceptors (Lipinski definition) is 7. The van der Waals surface area contributed by atoms with Crippen molar-refractivity contribution in [1.82, 2.24) is 10.6 Å². The number of hydrogen-bond donors (Lipinski definition) is 8. The number of aliphatic imine (C=N–C) groups is 1. The summed E-state index contributed by atoms with van der Waals surface area (Å²) in [6, 6.07) is 2.53. The number of aliphatic hydroxyl groups is 1. The molecule has 0 unspecified atom stereocenters. The molecule has 0 spiro atoms. The van der Waals surface area contributed by atoms with Gasteiger partial charge in [0.2, 0.25) is 11.8 Å². The van der Waals surface area contributed by atoms with E-state index >= 15 is 0 Å². The van der Waals surface area contributed by atoms with Crippen molar-refractivity contribution in [2.75, 3.05) is 13.2 Å². The average Bonchev–Trinajstić information content (AvgIpc) is 2.69. The van der Waals surface area contributed by atoms with Crippen molar-refractivity contribution in [2.24, 2.45) is 22.2 Å². The lowest BCUT2D eigenvalue weighted by molar-refractivity contribution is -0.143. The van der Waals surface area contributed by atoms with Gasteiger partial charge in [-0.05, 0) is 37.0 Å². The van der Waals surface area contributed by atoms with Crippen LogP contribution in [0.15, 0.2) is 29.3 Å². The van der Waals surface area contributed by atoms with Crippen LogP contribution in [0.25, 0.3) is 0 Å². The number of benzene rings is 1. The van der Waals surface area contributed by atoms with Crippen LogP contribution in [-0.2, 0) is 20.8 Å². The number of nitrogens with one attached hydrogen (secondary N) is 2. The summed E-state index contributed by atoms with van der Waals surface area (Å²) >= 11 is 0. The van der Waals surface area contributed by atoms with E-state index in [4.69, 9.17) is 27.4 Å². The number of nitrogens with zero attached hydrogens (tertiary/aromatic N) is 1. The van der Waals surface area contributed by atoms with Crippen molar-refractivity contribution in [1.29, 1.82) is 0 Å². The standard InChI is InChI=1S/C18H28N6O6/c19-12(8-10-3-5-11(26)6-4-10)15(27)23-13(2-1-7-22-18(20)21)16(28)24-14(9-25)17(29)30/h3-6,12-14,25-26H,1-2,7-9,19H2,(H,23,27)(H,24,28)(H,29,30)(H4,20,21,22)/t12-,13-,14-/m0/s1. The molecular formula is C18H28N6O6. The highest BCUT2D eigenvalue weighted by atomic mass is 16.4. The summed E-state index contributed by atoms with van der Waals surface area (Å²) in [7, 11) is 0. The molecule has 0 fully saturated rings. The van der Waals surface area contributed by atoms with Crippen LogP contribution < -0.4 is 27.8 Å². The minimum atomic E-state index is -1.51. The molecule has 0 aliphatic heterocycles. The van der Waals surface area contributed by atoms with Crippen molar-refractivity contribution in [3.8, 4) is 5.75 Å². The topological polar surface area (TPSA) is 226 Å². The third kappa shape index (κ3) is 8.75. The molecular weight excluding hydrogens is 396 g/mol. The largest absolute Gasteiger partial charge is 0.508 e. The minimum Gasteiger partial charge on any atom is -0.508 e. The smallest absolute Gasteiger partial charge is 0.328 e. The Bertz CT molecular complexity index is 750. The number of aliphatic hydroxyl groups excluding tert-OH is 1. The van der Waals surface area contributed by atoms with E-state index in [9.17, 15) is 19.5 Å². The van der Waals surface area contributed by atoms with Crippen molar-refractivity contribution >= 4 is 23.7 Å². The van der Waals surface area contributed by atoms with Crippen LogP contribution in [-0.4, -0.2) is 70.3 Å². The van der Waals surface area contributed by atoms with Crippen LogP contribution in [0.1, 0.15) is 18.4 Å². The molecule has 0 bridgehead atoms. The van der Waals surface area contributed by atoms with Gasteiger partial charge in [-0.25, -0.2) is 4.79 Å². The van der Waals surface area contributed by atoms with Gasteiger partial charge in [0, 0.05) is 6.54 Å². The van der Waals surface area contributed by atoms with Crippen LogP contribution in [0.5, 0.6) is 5.75 Å². The normalized spacial score (nSPS) is 13.5. The van der Waals surface area contributed by atoms with Crippen LogP contribution in [0.4, 0.5) is 0 Å². The number of carboxylic acid groups (broad SMARTS) is 1. The number of guanidine groups is 1. The Morgan fingerprint density at radius 3 is 2.17 bits per heavy atom. The van der Waals surface area contributed by atoms with E-state index in [-0.39, 0.29) is 31.1 Å². The van der Waals surface area contributed by atoms with Gasteiger partial charge in [0.1, 0.15) is 17.8 Å². The third-order valence-corrected chi connectivity index (χ3v) is 4.10. The maximum absolute atomic E-state index is 12.5. The molecule has 0 saturated carbocycles. The van der Waals surface area contributed by atoms with E-state index in [1.165, 1.54) is 12.1 Å². The zero-order valence-electron chi connectivity index (χ0n) is 16.3. The Morgan fingerprint density at radius 1 is 1.03 bits per heavy atom. The highest BCUT2D eigenvalue weighted by Gasteiger charge is 2.27. The number of carbonyl (C=O) groups excluding carboxylic acids is 2. The van der Waals surface area contributed by atoms with Gasteiger partial charge in [-0.3, -0.25) is 14.6 Å². The molecule has 1 rings (SSSR count). The first-order chi connectivity index (χ1) is 14.1. The number of aromatic hydroxyl groups is 1. The predicted octanol–water partition coefficient (Wildman–Crippen LogP) is -2.64. The zero-order valence-corrected chi connectivity index (χ0v) is 16.3. The number of rotatable bonds is 12. The maximum atomic E-state index is 12.5. The molecule has 0 aliphatic rings. The highest BCUT2D eigenvalue weighted by molar-refractivity contribution is 5.91. The first kappa shape index (κ1) is 24.7. The van der Waals surface area contributed by atoms with Crippen molar-refractivity contribution in [3.63, 3.8) is 0 Å². The lowest BCUT2D eigenvalue weighted by atomic mass is 10.0. The molecule has 0 aliphatic carbocycles. The molecule has 0 radical (unpaired) electrons. The summed E-state index contributed by atoms with van der Waals surface area (Å²) in [5.74, 6) is -2.87. The average molecular weight is 424 g/mol. The Kier molecular flexibility index (Phi) is 10.1. The molecule has 0 heterocycles. The fourth-order valence-corrected chi connectivity index (χ4v) is 2.49. The highest BCUT2D eigenvalue weighted by Crippen LogP contribution is 2.11. The van der Waals surface area contributed by atoms with Crippen molar-refractivity contribution in [3.05, 3.63) is 29.8 Å². The molecule has 166 valence electrons. The molecule has 1 aromatic rings. The minimum absolute atomic E-state index is 0.0751. The molecule has 2 amide bonds. The van der Waals surface area contributed by atoms with Gasteiger partial charge in [-0.2, -0.15) is 0 Å². The number of phenols is 1. The quantitative estimate of drug-likeness (QED) is 0.0995. The molecule has 0 aromatic heterocycles. The van der Waals surface area contributed by atoms with Crippen molar-refractivity contribution < 1.29 is 29.7 Å². The Labute approximate surface area is 173 Å². The zero-order chi connectivity index (χ0) is 22.7. The third-order valence-electron chi connectivity index (χ3n) is 4.10. The van der Waals surface area contributed by atoms with Crippen LogP contribution >= 0.6 is 0 Å². The van der Waals surface area contributed by atoms with E-state index in [2.05, 4.69) is 15.6 Å².